The van der Waals surface area contributed by atoms with Crippen LogP contribution in [0.4, 0.5) is 0 Å². The maximum atomic E-state index is 12.8. The predicted molar refractivity (Wildman–Crippen MR) is 103 cm³/mol. The molecule has 4 heterocycles. The fraction of sp³-hybridized carbons (Fsp3) is 0.250. The Balaban J connectivity index is 1.39. The van der Waals surface area contributed by atoms with Gasteiger partial charge in [0, 0.05) is 23.7 Å². The second-order valence-electron chi connectivity index (χ2n) is 6.90. The highest BCUT2D eigenvalue weighted by atomic mass is 16.5. The molecule has 0 radical (unpaired) electrons. The summed E-state index contributed by atoms with van der Waals surface area (Å²) in [5.41, 5.74) is 3.31. The molecule has 0 bridgehead atoms. The Morgan fingerprint density at radius 2 is 2.10 bits per heavy atom. The first-order valence-corrected chi connectivity index (χ1v) is 9.34. The predicted octanol–water partition coefficient (Wildman–Crippen LogP) is 2.51. The second-order valence-corrected chi connectivity index (χ2v) is 6.90. The largest absolute Gasteiger partial charge is 0.491 e. The molecule has 146 valence electrons. The Labute approximate surface area is 165 Å². The molecule has 0 fully saturated rings. The van der Waals surface area contributed by atoms with E-state index in [2.05, 4.69) is 25.7 Å². The smallest absolute Gasteiger partial charge is 0.290 e. The third-order valence-electron chi connectivity index (χ3n) is 4.87. The van der Waals surface area contributed by atoms with Crippen LogP contribution < -0.4 is 10.1 Å². The van der Waals surface area contributed by atoms with E-state index < -0.39 is 0 Å². The zero-order chi connectivity index (χ0) is 20.0. The molecule has 1 N–H and O–H groups in total. The number of hydrogen-bond donors (Lipinski definition) is 1. The van der Waals surface area contributed by atoms with Gasteiger partial charge in [0.1, 0.15) is 12.4 Å². The molecule has 1 aliphatic heterocycles. The van der Waals surface area contributed by atoms with Crippen LogP contribution in [0, 0.1) is 6.92 Å². The number of benzene rings is 1. The third kappa shape index (κ3) is 3.00. The molecule has 1 amide bonds. The number of nitrogens with one attached hydrogen (secondary N) is 1. The molecule has 0 aliphatic carbocycles. The Bertz CT molecular complexity index is 1230. The third-order valence-corrected chi connectivity index (χ3v) is 4.87. The van der Waals surface area contributed by atoms with Crippen molar-refractivity contribution in [2.24, 2.45) is 0 Å². The molecule has 5 rings (SSSR count). The van der Waals surface area contributed by atoms with Crippen molar-refractivity contribution >= 4 is 11.6 Å². The van der Waals surface area contributed by atoms with Gasteiger partial charge in [-0.05, 0) is 30.7 Å². The van der Waals surface area contributed by atoms with E-state index in [9.17, 15) is 4.79 Å². The van der Waals surface area contributed by atoms with E-state index in [0.29, 0.717) is 36.2 Å². The van der Waals surface area contributed by atoms with Gasteiger partial charge in [0.25, 0.3) is 5.91 Å². The number of rotatable bonds is 4. The molecule has 4 aromatic rings. The van der Waals surface area contributed by atoms with Crippen molar-refractivity contribution < 1.29 is 13.9 Å². The van der Waals surface area contributed by atoms with Gasteiger partial charge in [0.15, 0.2) is 5.65 Å². The summed E-state index contributed by atoms with van der Waals surface area (Å²) in [6.07, 6.45) is 2.52. The zero-order valence-corrected chi connectivity index (χ0v) is 15.9. The van der Waals surface area contributed by atoms with E-state index in [4.69, 9.17) is 9.15 Å². The molecule has 9 nitrogen and oxygen atoms in total. The van der Waals surface area contributed by atoms with Crippen LogP contribution in [0.2, 0.25) is 0 Å². The van der Waals surface area contributed by atoms with Crippen LogP contribution in [0.15, 0.2) is 40.9 Å². The fourth-order valence-corrected chi connectivity index (χ4v) is 3.35. The van der Waals surface area contributed by atoms with Crippen LogP contribution in [-0.2, 0) is 6.42 Å². The highest BCUT2D eigenvalue weighted by Gasteiger charge is 2.28. The minimum Gasteiger partial charge on any atom is -0.491 e. The summed E-state index contributed by atoms with van der Waals surface area (Å²) in [6, 6.07) is 9.12. The van der Waals surface area contributed by atoms with Gasteiger partial charge >= 0.3 is 0 Å². The average Bonchev–Trinajstić information content (AvgIpc) is 3.45. The molecule has 9 heteroatoms. The SMILES string of the molecule is CCc1nnc(-c2ccc3c(c2)OC[C@H]3NC(=O)c2nnc3ccc(C)cn23)o1. The number of ether oxygens (including phenoxy) is 1. The van der Waals surface area contributed by atoms with Gasteiger partial charge in [-0.3, -0.25) is 9.20 Å². The first-order chi connectivity index (χ1) is 14.1. The van der Waals surface area contributed by atoms with Crippen LogP contribution in [0.5, 0.6) is 5.75 Å². The molecule has 3 aromatic heterocycles. The van der Waals surface area contributed by atoms with Crippen molar-refractivity contribution in [3.63, 3.8) is 0 Å². The first-order valence-electron chi connectivity index (χ1n) is 9.34. The van der Waals surface area contributed by atoms with Gasteiger partial charge < -0.3 is 14.5 Å². The summed E-state index contributed by atoms with van der Waals surface area (Å²) in [5, 5.41) is 19.1. The number of pyridine rings is 1. The first kappa shape index (κ1) is 17.4. The lowest BCUT2D eigenvalue weighted by atomic mass is 10.1. The van der Waals surface area contributed by atoms with Crippen molar-refractivity contribution in [3.05, 3.63) is 59.4 Å². The monoisotopic (exact) mass is 390 g/mol. The maximum Gasteiger partial charge on any atom is 0.290 e. The summed E-state index contributed by atoms with van der Waals surface area (Å²) in [7, 11) is 0. The number of aromatic nitrogens is 5. The van der Waals surface area contributed by atoms with Crippen molar-refractivity contribution in [2.45, 2.75) is 26.3 Å². The van der Waals surface area contributed by atoms with Crippen LogP contribution in [0.3, 0.4) is 0 Å². The molecule has 0 unspecified atom stereocenters. The van der Waals surface area contributed by atoms with Gasteiger partial charge in [0.05, 0.1) is 6.04 Å². The molecule has 0 spiro atoms. The molecular weight excluding hydrogens is 372 g/mol. The quantitative estimate of drug-likeness (QED) is 0.570. The normalized spacial score (nSPS) is 15.3. The average molecular weight is 390 g/mol. The minimum absolute atomic E-state index is 0.242. The van der Waals surface area contributed by atoms with E-state index in [0.717, 1.165) is 16.7 Å². The van der Waals surface area contributed by atoms with Crippen LogP contribution >= 0.6 is 0 Å². The van der Waals surface area contributed by atoms with Crippen LogP contribution in [-0.4, -0.2) is 37.3 Å². The lowest BCUT2D eigenvalue weighted by Crippen LogP contribution is -2.30. The fourth-order valence-electron chi connectivity index (χ4n) is 3.35. The Hall–Kier alpha value is -3.75. The summed E-state index contributed by atoms with van der Waals surface area (Å²) >= 11 is 0. The Morgan fingerprint density at radius 3 is 2.93 bits per heavy atom. The summed E-state index contributed by atoms with van der Waals surface area (Å²) in [6.45, 7) is 4.24. The number of aryl methyl sites for hydroxylation is 2. The topological polar surface area (TPSA) is 107 Å². The number of carbonyl (C=O) groups excluding carboxylic acids is 1. The van der Waals surface area contributed by atoms with E-state index in [1.807, 2.05) is 50.4 Å². The molecule has 0 saturated carbocycles. The van der Waals surface area contributed by atoms with E-state index in [-0.39, 0.29) is 17.8 Å². The minimum atomic E-state index is -0.307. The molecule has 1 atom stereocenters. The summed E-state index contributed by atoms with van der Waals surface area (Å²) in [5.74, 6) is 1.66. The van der Waals surface area contributed by atoms with Crippen LogP contribution in [0.25, 0.3) is 17.1 Å². The number of amides is 1. The molecule has 1 aliphatic rings. The Kier molecular flexibility index (Phi) is 4.01. The number of nitrogens with zero attached hydrogens (tertiary/aromatic N) is 5. The van der Waals surface area contributed by atoms with E-state index in [1.54, 1.807) is 4.40 Å². The van der Waals surface area contributed by atoms with Crippen LogP contribution in [0.1, 0.15) is 40.6 Å². The molecule has 29 heavy (non-hydrogen) atoms. The highest BCUT2D eigenvalue weighted by Crippen LogP contribution is 2.35. The van der Waals surface area contributed by atoms with Crippen molar-refractivity contribution in [2.75, 3.05) is 6.61 Å². The van der Waals surface area contributed by atoms with Gasteiger partial charge in [-0.2, -0.15) is 0 Å². The summed E-state index contributed by atoms with van der Waals surface area (Å²) < 4.78 is 13.1. The van der Waals surface area contributed by atoms with Crippen molar-refractivity contribution in [1.29, 1.82) is 0 Å². The van der Waals surface area contributed by atoms with Gasteiger partial charge in [-0.15, -0.1) is 20.4 Å². The number of hydrogen-bond acceptors (Lipinski definition) is 7. The number of fused-ring (bicyclic) bond motifs is 2. The molecule has 0 saturated heterocycles. The van der Waals surface area contributed by atoms with E-state index >= 15 is 0 Å². The lowest BCUT2D eigenvalue weighted by molar-refractivity contribution is 0.0918. The van der Waals surface area contributed by atoms with Crippen molar-refractivity contribution in [3.8, 4) is 17.2 Å². The molecular formula is C20H18N6O3. The zero-order valence-electron chi connectivity index (χ0n) is 15.9. The van der Waals surface area contributed by atoms with Gasteiger partial charge in [0.2, 0.25) is 17.6 Å². The standard InChI is InChI=1S/C20H18N6O3/c1-3-17-23-25-20(29-17)12-5-6-13-14(10-28-15(13)8-12)21-19(27)18-24-22-16-7-4-11(2)9-26(16)18/h4-9,14H,3,10H2,1-2H3,(H,21,27)/t14-/m1/s1. The second kappa shape index (κ2) is 6.69. The molecule has 1 aromatic carbocycles. The number of carbonyl (C=O) groups is 1. The van der Waals surface area contributed by atoms with Gasteiger partial charge in [-0.1, -0.05) is 19.1 Å². The van der Waals surface area contributed by atoms with Crippen molar-refractivity contribution in [1.82, 2.24) is 30.1 Å². The van der Waals surface area contributed by atoms with E-state index in [1.165, 1.54) is 0 Å². The lowest BCUT2D eigenvalue weighted by Gasteiger charge is -2.11. The maximum absolute atomic E-state index is 12.8. The summed E-state index contributed by atoms with van der Waals surface area (Å²) in [4.78, 5) is 12.8. The van der Waals surface area contributed by atoms with Gasteiger partial charge in [-0.25, -0.2) is 0 Å². The Morgan fingerprint density at radius 1 is 1.21 bits per heavy atom. The highest BCUT2D eigenvalue weighted by molar-refractivity contribution is 5.91.